The van der Waals surface area contributed by atoms with Crippen LogP contribution in [0.15, 0.2) is 47.7 Å². The first-order valence-corrected chi connectivity index (χ1v) is 8.53. The first-order valence-electron chi connectivity index (χ1n) is 7.71. The molecule has 0 bridgehead atoms. The second kappa shape index (κ2) is 7.76. The topological polar surface area (TPSA) is 71.1 Å². The Hall–Kier alpha value is -2.93. The Morgan fingerprint density at radius 3 is 2.76 bits per heavy atom. The molecule has 0 aliphatic carbocycles. The van der Waals surface area contributed by atoms with Gasteiger partial charge in [0.15, 0.2) is 0 Å². The van der Waals surface area contributed by atoms with Crippen LogP contribution in [-0.2, 0) is 0 Å². The van der Waals surface area contributed by atoms with Gasteiger partial charge in [0.25, 0.3) is 5.56 Å². The first-order chi connectivity index (χ1) is 12.1. The summed E-state index contributed by atoms with van der Waals surface area (Å²) in [7, 11) is 1.95. The fourth-order valence-electron chi connectivity index (χ4n) is 2.20. The molecule has 0 unspecified atom stereocenters. The van der Waals surface area contributed by atoms with Crippen molar-refractivity contribution in [2.75, 3.05) is 25.1 Å². The Morgan fingerprint density at radius 1 is 1.32 bits per heavy atom. The molecular formula is C18H18N4O2S. The Morgan fingerprint density at radius 2 is 2.12 bits per heavy atom. The third-order valence-electron chi connectivity index (χ3n) is 3.52. The summed E-state index contributed by atoms with van der Waals surface area (Å²) in [5.74, 6) is 1.59. The summed E-state index contributed by atoms with van der Waals surface area (Å²) in [5.41, 5.74) is 0.832. The molecule has 7 heteroatoms. The maximum atomic E-state index is 11.7. The zero-order valence-electron chi connectivity index (χ0n) is 13.8. The van der Waals surface area contributed by atoms with E-state index >= 15 is 0 Å². The van der Waals surface area contributed by atoms with Crippen molar-refractivity contribution in [2.45, 2.75) is 0 Å². The van der Waals surface area contributed by atoms with Crippen LogP contribution in [0.5, 0.6) is 5.75 Å². The van der Waals surface area contributed by atoms with Crippen molar-refractivity contribution in [3.8, 4) is 5.75 Å². The second-order valence-electron chi connectivity index (χ2n) is 5.39. The lowest BCUT2D eigenvalue weighted by atomic mass is 10.2. The van der Waals surface area contributed by atoms with Crippen LogP contribution in [0.3, 0.4) is 0 Å². The van der Waals surface area contributed by atoms with Gasteiger partial charge in [-0.1, -0.05) is 18.7 Å². The molecule has 0 amide bonds. The van der Waals surface area contributed by atoms with Crippen LogP contribution in [0.4, 0.5) is 5.82 Å². The van der Waals surface area contributed by atoms with Crippen LogP contribution in [0, 0.1) is 0 Å². The number of thiazole rings is 1. The predicted molar refractivity (Wildman–Crippen MR) is 101 cm³/mol. The molecule has 0 saturated heterocycles. The molecule has 6 nitrogen and oxygen atoms in total. The number of benzene rings is 1. The summed E-state index contributed by atoms with van der Waals surface area (Å²) in [5, 5.41) is 0. The van der Waals surface area contributed by atoms with Gasteiger partial charge in [-0.05, 0) is 23.8 Å². The summed E-state index contributed by atoms with van der Waals surface area (Å²) >= 11 is 1.35. The molecule has 0 fully saturated rings. The Kier molecular flexibility index (Phi) is 5.25. The minimum atomic E-state index is -0.109. The SMILES string of the molecule is C=c1[nH]c(=O)c(=Cc2ccc(OCCN(C)c3cnccn3)cc2)s1. The van der Waals surface area contributed by atoms with Crippen LogP contribution in [0.1, 0.15) is 5.56 Å². The molecule has 0 aliphatic rings. The van der Waals surface area contributed by atoms with Gasteiger partial charge in [0.05, 0.1) is 21.9 Å². The van der Waals surface area contributed by atoms with E-state index in [1.165, 1.54) is 11.3 Å². The molecule has 0 spiro atoms. The fraction of sp³-hybridized carbons (Fsp3) is 0.167. The fourth-order valence-corrected chi connectivity index (χ4v) is 2.95. The standard InChI is InChI=1S/C18H18N4O2S/c1-13-21-18(23)16(25-13)11-14-3-5-15(6-4-14)24-10-9-22(2)17-12-19-7-8-20-17/h3-8,11-12H,1,9-10H2,2H3,(H,21,23). The summed E-state index contributed by atoms with van der Waals surface area (Å²) in [6.07, 6.45) is 6.87. The van der Waals surface area contributed by atoms with Gasteiger partial charge in [-0.2, -0.15) is 0 Å². The highest BCUT2D eigenvalue weighted by Crippen LogP contribution is 2.13. The molecule has 0 aliphatic heterocycles. The molecule has 2 aromatic heterocycles. The Labute approximate surface area is 148 Å². The van der Waals surface area contributed by atoms with E-state index in [1.807, 2.05) is 42.3 Å². The largest absolute Gasteiger partial charge is 0.492 e. The number of anilines is 1. The minimum absolute atomic E-state index is 0.109. The molecule has 128 valence electrons. The maximum Gasteiger partial charge on any atom is 0.266 e. The molecule has 0 atom stereocenters. The number of H-pyrrole nitrogens is 1. The van der Waals surface area contributed by atoms with Crippen LogP contribution in [0.2, 0.25) is 0 Å². The normalized spacial score (nSPS) is 11.5. The van der Waals surface area contributed by atoms with Crippen LogP contribution < -0.4 is 24.4 Å². The molecule has 0 saturated carbocycles. The summed E-state index contributed by atoms with van der Waals surface area (Å²) in [4.78, 5) is 24.6. The number of hydrogen-bond acceptors (Lipinski definition) is 6. The van der Waals surface area contributed by atoms with E-state index in [-0.39, 0.29) is 5.56 Å². The van der Waals surface area contributed by atoms with Crippen molar-refractivity contribution in [3.05, 3.63) is 68.0 Å². The van der Waals surface area contributed by atoms with Crippen molar-refractivity contribution in [3.63, 3.8) is 0 Å². The summed E-state index contributed by atoms with van der Waals surface area (Å²) < 4.78 is 7.05. The highest BCUT2D eigenvalue weighted by Gasteiger charge is 2.02. The smallest absolute Gasteiger partial charge is 0.266 e. The van der Waals surface area contributed by atoms with Crippen molar-refractivity contribution in [2.24, 2.45) is 0 Å². The number of ether oxygens (including phenoxy) is 1. The molecule has 25 heavy (non-hydrogen) atoms. The van der Waals surface area contributed by atoms with Gasteiger partial charge in [-0.25, -0.2) is 4.98 Å². The predicted octanol–water partition coefficient (Wildman–Crippen LogP) is 0.981. The summed E-state index contributed by atoms with van der Waals surface area (Å²) in [6.45, 7) is 4.97. The molecule has 2 heterocycles. The number of rotatable bonds is 6. The highest BCUT2D eigenvalue weighted by molar-refractivity contribution is 7.07. The van der Waals surface area contributed by atoms with Gasteiger partial charge in [0.2, 0.25) is 0 Å². The number of aromatic amines is 1. The van der Waals surface area contributed by atoms with Gasteiger partial charge in [0, 0.05) is 19.4 Å². The van der Waals surface area contributed by atoms with Crippen LogP contribution in [0.25, 0.3) is 12.7 Å². The van der Waals surface area contributed by atoms with Crippen molar-refractivity contribution < 1.29 is 4.74 Å². The maximum absolute atomic E-state index is 11.7. The van der Waals surface area contributed by atoms with E-state index in [0.717, 1.165) is 17.1 Å². The zero-order chi connectivity index (χ0) is 17.6. The lowest BCUT2D eigenvalue weighted by Gasteiger charge is -2.17. The lowest BCUT2D eigenvalue weighted by molar-refractivity contribution is 0.325. The Balaban J connectivity index is 1.58. The number of aromatic nitrogens is 3. The molecule has 1 aromatic carbocycles. The van der Waals surface area contributed by atoms with Gasteiger partial charge in [-0.15, -0.1) is 11.3 Å². The van der Waals surface area contributed by atoms with E-state index in [1.54, 1.807) is 18.6 Å². The molecular weight excluding hydrogens is 336 g/mol. The number of likely N-dealkylation sites (N-methyl/N-ethyl adjacent to an activating group) is 1. The van der Waals surface area contributed by atoms with Crippen molar-refractivity contribution in [1.29, 1.82) is 0 Å². The number of hydrogen-bond donors (Lipinski definition) is 1. The molecule has 0 radical (unpaired) electrons. The van der Waals surface area contributed by atoms with Crippen molar-refractivity contribution in [1.82, 2.24) is 15.0 Å². The van der Waals surface area contributed by atoms with Gasteiger partial charge < -0.3 is 14.6 Å². The van der Waals surface area contributed by atoms with Crippen molar-refractivity contribution >= 4 is 29.8 Å². The van der Waals surface area contributed by atoms with E-state index in [2.05, 4.69) is 21.5 Å². The molecule has 3 rings (SSSR count). The third-order valence-corrected chi connectivity index (χ3v) is 4.40. The quantitative estimate of drug-likeness (QED) is 0.715. The number of nitrogens with one attached hydrogen (secondary N) is 1. The average molecular weight is 354 g/mol. The van der Waals surface area contributed by atoms with E-state index < -0.39 is 0 Å². The van der Waals surface area contributed by atoms with Gasteiger partial charge >= 0.3 is 0 Å². The lowest BCUT2D eigenvalue weighted by Crippen LogP contribution is -2.24. The molecule has 1 N–H and O–H groups in total. The monoisotopic (exact) mass is 354 g/mol. The van der Waals surface area contributed by atoms with E-state index in [4.69, 9.17) is 4.74 Å². The van der Waals surface area contributed by atoms with E-state index in [0.29, 0.717) is 22.3 Å². The van der Waals surface area contributed by atoms with Gasteiger partial charge in [0.1, 0.15) is 18.2 Å². The van der Waals surface area contributed by atoms with Crippen LogP contribution >= 0.6 is 11.3 Å². The van der Waals surface area contributed by atoms with Crippen LogP contribution in [-0.4, -0.2) is 35.2 Å². The Bertz CT molecular complexity index is 980. The molecule has 3 aromatic rings. The number of nitrogens with zero attached hydrogens (tertiary/aromatic N) is 3. The highest BCUT2D eigenvalue weighted by atomic mass is 32.1. The van der Waals surface area contributed by atoms with E-state index in [9.17, 15) is 4.79 Å². The zero-order valence-corrected chi connectivity index (χ0v) is 14.6. The second-order valence-corrected chi connectivity index (χ2v) is 6.53. The third kappa shape index (κ3) is 4.54. The minimum Gasteiger partial charge on any atom is -0.492 e. The first kappa shape index (κ1) is 16.9. The van der Waals surface area contributed by atoms with Gasteiger partial charge in [-0.3, -0.25) is 9.78 Å². The summed E-state index contributed by atoms with van der Waals surface area (Å²) in [6, 6.07) is 7.62. The average Bonchev–Trinajstić information content (AvgIpc) is 2.94.